The smallest absolute Gasteiger partial charge is 0.270 e. The summed E-state index contributed by atoms with van der Waals surface area (Å²) in [5.41, 5.74) is 0.505. The highest BCUT2D eigenvalue weighted by Gasteiger charge is 2.15. The van der Waals surface area contributed by atoms with Crippen molar-refractivity contribution >= 4 is 23.6 Å². The summed E-state index contributed by atoms with van der Waals surface area (Å²) in [5, 5.41) is 24.7. The number of rotatable bonds is 7. The number of hydrogen-bond donors (Lipinski definition) is 3. The van der Waals surface area contributed by atoms with Gasteiger partial charge in [-0.05, 0) is 23.8 Å². The van der Waals surface area contributed by atoms with Crippen molar-refractivity contribution in [1.82, 2.24) is 10.6 Å². The molecule has 8 nitrogen and oxygen atoms in total. The van der Waals surface area contributed by atoms with Gasteiger partial charge in [0.15, 0.2) is 0 Å². The lowest BCUT2D eigenvalue weighted by Gasteiger charge is -2.10. The van der Waals surface area contributed by atoms with Gasteiger partial charge in [-0.3, -0.25) is 19.7 Å². The van der Waals surface area contributed by atoms with Crippen molar-refractivity contribution in [1.29, 1.82) is 0 Å². The molecule has 26 heavy (non-hydrogen) atoms. The topological polar surface area (TPSA) is 122 Å². The van der Waals surface area contributed by atoms with Crippen LogP contribution in [0, 0.1) is 10.1 Å². The molecular formula is C18H17N3O5. The molecule has 0 aliphatic rings. The number of benzene rings is 2. The Kier molecular flexibility index (Phi) is 6.58. The number of carbonyl (C=O) groups excluding carboxylic acids is 2. The van der Waals surface area contributed by atoms with Crippen LogP contribution in [0.1, 0.15) is 15.9 Å². The van der Waals surface area contributed by atoms with Crippen molar-refractivity contribution in [3.8, 4) is 0 Å². The molecule has 0 saturated carbocycles. The molecule has 2 aromatic carbocycles. The normalized spacial score (nSPS) is 10.9. The minimum atomic E-state index is -0.616. The summed E-state index contributed by atoms with van der Waals surface area (Å²) >= 11 is 0. The van der Waals surface area contributed by atoms with Crippen LogP contribution in [0.25, 0.3) is 6.08 Å². The molecule has 2 aromatic rings. The van der Waals surface area contributed by atoms with Crippen LogP contribution in [0.4, 0.5) is 5.69 Å². The molecule has 0 spiro atoms. The Morgan fingerprint density at radius 3 is 2.50 bits per heavy atom. The van der Waals surface area contributed by atoms with Crippen LogP contribution < -0.4 is 10.6 Å². The third kappa shape index (κ3) is 5.25. The van der Waals surface area contributed by atoms with Crippen LogP contribution in [0.2, 0.25) is 0 Å². The lowest BCUT2D eigenvalue weighted by Crippen LogP contribution is -2.36. The van der Waals surface area contributed by atoms with E-state index in [-0.39, 0.29) is 24.5 Å². The van der Waals surface area contributed by atoms with Crippen LogP contribution in [0.3, 0.4) is 0 Å². The molecule has 134 valence electrons. The molecule has 3 N–H and O–H groups in total. The van der Waals surface area contributed by atoms with E-state index in [1.54, 1.807) is 36.4 Å². The highest BCUT2D eigenvalue weighted by atomic mass is 16.6. The number of nitrogens with one attached hydrogen (secondary N) is 2. The number of nitro benzene ring substituents is 1. The maximum absolute atomic E-state index is 12.3. The molecular weight excluding hydrogens is 338 g/mol. The van der Waals surface area contributed by atoms with Gasteiger partial charge in [0.25, 0.3) is 17.5 Å². The molecule has 2 amide bonds. The summed E-state index contributed by atoms with van der Waals surface area (Å²) < 4.78 is 0. The van der Waals surface area contributed by atoms with Crippen molar-refractivity contribution in [3.63, 3.8) is 0 Å². The number of nitrogens with zero attached hydrogens (tertiary/aromatic N) is 1. The molecule has 0 atom stereocenters. The Morgan fingerprint density at radius 1 is 1.12 bits per heavy atom. The molecule has 0 heterocycles. The van der Waals surface area contributed by atoms with E-state index in [1.807, 2.05) is 0 Å². The monoisotopic (exact) mass is 355 g/mol. The average molecular weight is 355 g/mol. The number of aliphatic hydroxyl groups excluding tert-OH is 1. The van der Waals surface area contributed by atoms with Crippen molar-refractivity contribution in [2.45, 2.75) is 0 Å². The van der Waals surface area contributed by atoms with Gasteiger partial charge >= 0.3 is 0 Å². The highest BCUT2D eigenvalue weighted by Crippen LogP contribution is 2.15. The van der Waals surface area contributed by atoms with Gasteiger partial charge in [-0.25, -0.2) is 0 Å². The van der Waals surface area contributed by atoms with E-state index in [9.17, 15) is 19.7 Å². The summed E-state index contributed by atoms with van der Waals surface area (Å²) in [6.07, 6.45) is 1.33. The zero-order chi connectivity index (χ0) is 18.9. The van der Waals surface area contributed by atoms with Gasteiger partial charge < -0.3 is 15.7 Å². The molecule has 0 aromatic heterocycles. The van der Waals surface area contributed by atoms with Gasteiger partial charge in [-0.15, -0.1) is 0 Å². The first-order valence-electron chi connectivity index (χ1n) is 7.73. The maximum atomic E-state index is 12.3. The minimum absolute atomic E-state index is 0.00627. The Labute approximate surface area is 149 Å². The van der Waals surface area contributed by atoms with Crippen molar-refractivity contribution in [2.75, 3.05) is 13.2 Å². The first-order chi connectivity index (χ1) is 12.5. The molecule has 8 heteroatoms. The molecule has 0 radical (unpaired) electrons. The number of amides is 2. The standard InChI is InChI=1S/C18H17N3O5/c22-10-9-19-18(24)16(20-17(23)14-6-2-1-3-7-14)12-13-5-4-8-15(11-13)21(25)26/h1-8,11-12,22H,9-10H2,(H,19,24)(H,20,23). The summed E-state index contributed by atoms with van der Waals surface area (Å²) in [6, 6.07) is 14.0. The fraction of sp³-hybridized carbons (Fsp3) is 0.111. The Balaban J connectivity index is 2.31. The number of non-ortho nitro benzene ring substituents is 1. The van der Waals surface area contributed by atoms with Crippen LogP contribution in [-0.2, 0) is 4.79 Å². The predicted octanol–water partition coefficient (Wildman–Crippen LogP) is 1.47. The van der Waals surface area contributed by atoms with Crippen LogP contribution in [0.15, 0.2) is 60.3 Å². The highest BCUT2D eigenvalue weighted by molar-refractivity contribution is 6.05. The van der Waals surface area contributed by atoms with Gasteiger partial charge in [0.2, 0.25) is 0 Å². The zero-order valence-corrected chi connectivity index (χ0v) is 13.7. The largest absolute Gasteiger partial charge is 0.395 e. The Morgan fingerprint density at radius 2 is 1.85 bits per heavy atom. The summed E-state index contributed by atoms with van der Waals surface area (Å²) in [6.45, 7) is -0.255. The van der Waals surface area contributed by atoms with Gasteiger partial charge in [0, 0.05) is 24.2 Å². The lowest BCUT2D eigenvalue weighted by molar-refractivity contribution is -0.384. The number of aliphatic hydroxyl groups is 1. The van der Waals surface area contributed by atoms with Gasteiger partial charge in [0.1, 0.15) is 5.70 Å². The van der Waals surface area contributed by atoms with Crippen molar-refractivity contribution < 1.29 is 19.6 Å². The summed E-state index contributed by atoms with van der Waals surface area (Å²) in [4.78, 5) is 34.9. The van der Waals surface area contributed by atoms with Gasteiger partial charge in [-0.1, -0.05) is 30.3 Å². The van der Waals surface area contributed by atoms with Crippen LogP contribution >= 0.6 is 0 Å². The summed E-state index contributed by atoms with van der Waals surface area (Å²) in [5.74, 6) is -1.11. The lowest BCUT2D eigenvalue weighted by atomic mass is 10.1. The number of hydrogen-bond acceptors (Lipinski definition) is 5. The molecule has 0 bridgehead atoms. The van der Waals surface area contributed by atoms with E-state index >= 15 is 0 Å². The van der Waals surface area contributed by atoms with Gasteiger partial charge in [0.05, 0.1) is 11.5 Å². The van der Waals surface area contributed by atoms with Crippen molar-refractivity contribution in [2.24, 2.45) is 0 Å². The predicted molar refractivity (Wildman–Crippen MR) is 95.1 cm³/mol. The third-order valence-corrected chi connectivity index (χ3v) is 3.32. The maximum Gasteiger partial charge on any atom is 0.270 e. The molecule has 0 aliphatic carbocycles. The molecule has 0 aliphatic heterocycles. The number of nitro groups is 1. The van der Waals surface area contributed by atoms with Crippen LogP contribution in [-0.4, -0.2) is 35.0 Å². The Bertz CT molecular complexity index is 834. The minimum Gasteiger partial charge on any atom is -0.395 e. The zero-order valence-electron chi connectivity index (χ0n) is 13.7. The first kappa shape index (κ1) is 18.8. The van der Waals surface area contributed by atoms with E-state index in [1.165, 1.54) is 24.3 Å². The molecule has 0 unspecified atom stereocenters. The fourth-order valence-corrected chi connectivity index (χ4v) is 2.10. The molecule has 0 fully saturated rings. The second-order valence-electron chi connectivity index (χ2n) is 5.21. The SMILES string of the molecule is O=C(NCCO)C(=Cc1cccc([N+](=O)[O-])c1)NC(=O)c1ccccc1. The first-order valence-corrected chi connectivity index (χ1v) is 7.73. The third-order valence-electron chi connectivity index (χ3n) is 3.32. The Hall–Kier alpha value is -3.52. The average Bonchev–Trinajstić information content (AvgIpc) is 2.66. The van der Waals surface area contributed by atoms with E-state index < -0.39 is 16.7 Å². The van der Waals surface area contributed by atoms with Crippen LogP contribution in [0.5, 0.6) is 0 Å². The molecule has 2 rings (SSSR count). The van der Waals surface area contributed by atoms with E-state index in [2.05, 4.69) is 10.6 Å². The quantitative estimate of drug-likeness (QED) is 0.394. The van der Waals surface area contributed by atoms with Gasteiger partial charge in [-0.2, -0.15) is 0 Å². The molecule has 0 saturated heterocycles. The fourth-order valence-electron chi connectivity index (χ4n) is 2.10. The van der Waals surface area contributed by atoms with E-state index in [4.69, 9.17) is 5.11 Å². The second-order valence-corrected chi connectivity index (χ2v) is 5.21. The van der Waals surface area contributed by atoms with Crippen molar-refractivity contribution in [3.05, 3.63) is 81.5 Å². The number of carbonyl (C=O) groups is 2. The van der Waals surface area contributed by atoms with E-state index in [0.717, 1.165) is 0 Å². The summed E-state index contributed by atoms with van der Waals surface area (Å²) in [7, 11) is 0. The van der Waals surface area contributed by atoms with E-state index in [0.29, 0.717) is 11.1 Å². The second kappa shape index (κ2) is 9.09.